The van der Waals surface area contributed by atoms with Crippen LogP contribution in [0.4, 0.5) is 0 Å². The average Bonchev–Trinajstić information content (AvgIpc) is 2.77. The summed E-state index contributed by atoms with van der Waals surface area (Å²) in [6.45, 7) is 6.45. The molecule has 0 bridgehead atoms. The molecule has 1 N–H and O–H groups in total. The Hall–Kier alpha value is -1.36. The van der Waals surface area contributed by atoms with Crippen LogP contribution in [0.2, 0.25) is 0 Å². The summed E-state index contributed by atoms with van der Waals surface area (Å²) >= 11 is 0. The normalized spacial score (nSPS) is 12.4. The Kier molecular flexibility index (Phi) is 5.56. The number of ether oxygens (including phenoxy) is 1. The molecule has 0 aliphatic rings. The van der Waals surface area contributed by atoms with E-state index in [1.165, 1.54) is 0 Å². The highest BCUT2D eigenvalue weighted by Crippen LogP contribution is 1.96. The van der Waals surface area contributed by atoms with Crippen LogP contribution in [0.15, 0.2) is 18.7 Å². The topological polar surface area (TPSA) is 56.1 Å². The summed E-state index contributed by atoms with van der Waals surface area (Å²) in [5.41, 5.74) is 0. The van der Waals surface area contributed by atoms with Crippen molar-refractivity contribution < 1.29 is 9.53 Å². The maximum Gasteiger partial charge on any atom is 0.309 e. The molecule has 16 heavy (non-hydrogen) atoms. The second-order valence-electron chi connectivity index (χ2n) is 3.66. The van der Waals surface area contributed by atoms with Gasteiger partial charge in [0.1, 0.15) is 0 Å². The minimum atomic E-state index is -0.141. The van der Waals surface area contributed by atoms with Gasteiger partial charge < -0.3 is 14.6 Å². The van der Waals surface area contributed by atoms with Gasteiger partial charge in [-0.05, 0) is 6.92 Å². The largest absolute Gasteiger partial charge is 0.466 e. The Morgan fingerprint density at radius 3 is 3.06 bits per heavy atom. The molecule has 0 fully saturated rings. The highest BCUT2D eigenvalue weighted by molar-refractivity contribution is 5.72. The number of hydrogen-bond donors (Lipinski definition) is 1. The second kappa shape index (κ2) is 7.00. The van der Waals surface area contributed by atoms with Gasteiger partial charge in [0, 0.05) is 32.0 Å². The van der Waals surface area contributed by atoms with Crippen molar-refractivity contribution in [2.75, 3.05) is 19.7 Å². The second-order valence-corrected chi connectivity index (χ2v) is 3.66. The summed E-state index contributed by atoms with van der Waals surface area (Å²) in [4.78, 5) is 15.2. The zero-order chi connectivity index (χ0) is 11.8. The number of aromatic nitrogens is 2. The molecule has 0 aliphatic heterocycles. The lowest BCUT2D eigenvalue weighted by atomic mass is 10.2. The standard InChI is InChI=1S/C11H19N3O2/c1-3-16-11(15)10(2)8-12-4-6-14-7-5-13-9-14/h5,7,9-10,12H,3-4,6,8H2,1-2H3. The van der Waals surface area contributed by atoms with E-state index in [-0.39, 0.29) is 11.9 Å². The van der Waals surface area contributed by atoms with Crippen molar-refractivity contribution in [1.29, 1.82) is 0 Å². The summed E-state index contributed by atoms with van der Waals surface area (Å²) in [6, 6.07) is 0. The van der Waals surface area contributed by atoms with E-state index in [0.29, 0.717) is 13.2 Å². The molecule has 5 heteroatoms. The molecule has 1 aromatic heterocycles. The third-order valence-electron chi connectivity index (χ3n) is 2.25. The molecule has 0 saturated heterocycles. The predicted molar refractivity (Wildman–Crippen MR) is 60.9 cm³/mol. The summed E-state index contributed by atoms with van der Waals surface area (Å²) in [6.07, 6.45) is 5.44. The number of nitrogens with zero attached hydrogens (tertiary/aromatic N) is 2. The predicted octanol–water partition coefficient (Wildman–Crippen LogP) is 0.672. The van der Waals surface area contributed by atoms with Crippen molar-refractivity contribution in [2.24, 2.45) is 5.92 Å². The van der Waals surface area contributed by atoms with Gasteiger partial charge in [-0.3, -0.25) is 4.79 Å². The molecule has 0 saturated carbocycles. The van der Waals surface area contributed by atoms with Crippen molar-refractivity contribution in [2.45, 2.75) is 20.4 Å². The zero-order valence-corrected chi connectivity index (χ0v) is 9.85. The first kappa shape index (κ1) is 12.7. The molecule has 5 nitrogen and oxygen atoms in total. The fourth-order valence-electron chi connectivity index (χ4n) is 1.31. The van der Waals surface area contributed by atoms with Gasteiger partial charge in [-0.1, -0.05) is 6.92 Å². The lowest BCUT2D eigenvalue weighted by Crippen LogP contribution is -2.30. The van der Waals surface area contributed by atoms with E-state index in [9.17, 15) is 4.79 Å². The van der Waals surface area contributed by atoms with E-state index in [4.69, 9.17) is 4.74 Å². The molecule has 0 amide bonds. The van der Waals surface area contributed by atoms with Gasteiger partial charge >= 0.3 is 5.97 Å². The van der Waals surface area contributed by atoms with E-state index in [2.05, 4.69) is 10.3 Å². The Bertz CT molecular complexity index is 298. The van der Waals surface area contributed by atoms with Crippen molar-refractivity contribution in [3.05, 3.63) is 18.7 Å². The molecule has 1 atom stereocenters. The van der Waals surface area contributed by atoms with E-state index in [0.717, 1.165) is 13.1 Å². The van der Waals surface area contributed by atoms with Crippen LogP contribution in [0.5, 0.6) is 0 Å². The number of hydrogen-bond acceptors (Lipinski definition) is 4. The van der Waals surface area contributed by atoms with Crippen LogP contribution in [0.3, 0.4) is 0 Å². The van der Waals surface area contributed by atoms with Crippen LogP contribution in [0.25, 0.3) is 0 Å². The van der Waals surface area contributed by atoms with Gasteiger partial charge in [-0.15, -0.1) is 0 Å². The van der Waals surface area contributed by atoms with Gasteiger partial charge in [0.25, 0.3) is 0 Å². The molecule has 90 valence electrons. The molecule has 0 aromatic carbocycles. The SMILES string of the molecule is CCOC(=O)C(C)CNCCn1ccnc1. The van der Waals surface area contributed by atoms with Crippen LogP contribution in [-0.2, 0) is 16.1 Å². The molecular formula is C11H19N3O2. The Labute approximate surface area is 95.8 Å². The maximum absolute atomic E-state index is 11.3. The maximum atomic E-state index is 11.3. The quantitative estimate of drug-likeness (QED) is 0.547. The lowest BCUT2D eigenvalue weighted by Gasteiger charge is -2.11. The van der Waals surface area contributed by atoms with Crippen molar-refractivity contribution in [3.63, 3.8) is 0 Å². The van der Waals surface area contributed by atoms with Gasteiger partial charge in [0.2, 0.25) is 0 Å². The molecule has 1 rings (SSSR count). The van der Waals surface area contributed by atoms with Gasteiger partial charge in [-0.2, -0.15) is 0 Å². The third kappa shape index (κ3) is 4.44. The lowest BCUT2D eigenvalue weighted by molar-refractivity contribution is -0.147. The van der Waals surface area contributed by atoms with Crippen molar-refractivity contribution >= 4 is 5.97 Å². The van der Waals surface area contributed by atoms with Crippen LogP contribution in [0.1, 0.15) is 13.8 Å². The molecule has 1 unspecified atom stereocenters. The molecule has 0 aliphatic carbocycles. The van der Waals surface area contributed by atoms with Gasteiger partial charge in [0.05, 0.1) is 18.9 Å². The monoisotopic (exact) mass is 225 g/mol. The van der Waals surface area contributed by atoms with E-state index < -0.39 is 0 Å². The van der Waals surface area contributed by atoms with Gasteiger partial charge in [-0.25, -0.2) is 4.98 Å². The number of imidazole rings is 1. The first-order valence-electron chi connectivity index (χ1n) is 5.57. The van der Waals surface area contributed by atoms with Crippen molar-refractivity contribution in [3.8, 4) is 0 Å². The zero-order valence-electron chi connectivity index (χ0n) is 9.85. The minimum absolute atomic E-state index is 0.0947. The average molecular weight is 225 g/mol. The number of esters is 1. The Morgan fingerprint density at radius 1 is 1.62 bits per heavy atom. The van der Waals surface area contributed by atoms with E-state index in [1.54, 1.807) is 12.5 Å². The van der Waals surface area contributed by atoms with Crippen LogP contribution < -0.4 is 5.32 Å². The Morgan fingerprint density at radius 2 is 2.44 bits per heavy atom. The third-order valence-corrected chi connectivity index (χ3v) is 2.25. The number of nitrogens with one attached hydrogen (secondary N) is 1. The summed E-state index contributed by atoms with van der Waals surface area (Å²) in [7, 11) is 0. The fraction of sp³-hybridized carbons (Fsp3) is 0.636. The highest BCUT2D eigenvalue weighted by atomic mass is 16.5. The van der Waals surface area contributed by atoms with E-state index in [1.807, 2.05) is 24.6 Å². The minimum Gasteiger partial charge on any atom is -0.466 e. The van der Waals surface area contributed by atoms with Gasteiger partial charge in [0.15, 0.2) is 0 Å². The molecule has 0 spiro atoms. The highest BCUT2D eigenvalue weighted by Gasteiger charge is 2.12. The molecule has 0 radical (unpaired) electrons. The smallest absolute Gasteiger partial charge is 0.309 e. The molecule has 1 heterocycles. The summed E-state index contributed by atoms with van der Waals surface area (Å²) < 4.78 is 6.90. The fourth-order valence-corrected chi connectivity index (χ4v) is 1.31. The molecular weight excluding hydrogens is 206 g/mol. The Balaban J connectivity index is 2.08. The number of carbonyl (C=O) groups is 1. The van der Waals surface area contributed by atoms with Crippen LogP contribution in [0, 0.1) is 5.92 Å². The first-order chi connectivity index (χ1) is 7.74. The number of carbonyl (C=O) groups excluding carboxylic acids is 1. The first-order valence-corrected chi connectivity index (χ1v) is 5.57. The van der Waals surface area contributed by atoms with Crippen LogP contribution in [-0.4, -0.2) is 35.2 Å². The number of rotatable bonds is 7. The van der Waals surface area contributed by atoms with Crippen molar-refractivity contribution in [1.82, 2.24) is 14.9 Å². The summed E-state index contributed by atoms with van der Waals surface area (Å²) in [5, 5.41) is 3.21. The summed E-state index contributed by atoms with van der Waals surface area (Å²) in [5.74, 6) is -0.236. The van der Waals surface area contributed by atoms with Crippen LogP contribution >= 0.6 is 0 Å². The molecule has 1 aromatic rings. The van der Waals surface area contributed by atoms with E-state index >= 15 is 0 Å².